The lowest BCUT2D eigenvalue weighted by atomic mass is 9.96. The number of aromatic nitrogens is 3. The zero-order valence-corrected chi connectivity index (χ0v) is 27.0. The molecule has 14 heteroatoms. The van der Waals surface area contributed by atoms with Crippen LogP contribution in [0.4, 0.5) is 5.13 Å². The summed E-state index contributed by atoms with van der Waals surface area (Å²) in [5.74, 6) is -1.72. The van der Waals surface area contributed by atoms with E-state index in [1.807, 2.05) is 66.7 Å². The number of fused-ring (bicyclic) bond motifs is 1. The van der Waals surface area contributed by atoms with Gasteiger partial charge in [0.1, 0.15) is 23.7 Å². The number of hydrogen-bond donors (Lipinski definition) is 2. The van der Waals surface area contributed by atoms with Gasteiger partial charge in [0.2, 0.25) is 11.5 Å². The average molecular weight is 680 g/mol. The van der Waals surface area contributed by atoms with E-state index in [0.717, 1.165) is 22.7 Å². The van der Waals surface area contributed by atoms with Crippen LogP contribution in [0.1, 0.15) is 28.6 Å². The van der Waals surface area contributed by atoms with Crippen LogP contribution < -0.4 is 11.1 Å². The molecule has 2 amide bonds. The number of nitrogens with zero attached hydrogens (tertiary/aromatic N) is 5. The third-order valence-electron chi connectivity index (χ3n) is 7.47. The van der Waals surface area contributed by atoms with E-state index in [2.05, 4.69) is 38.0 Å². The summed E-state index contributed by atoms with van der Waals surface area (Å²) in [5.41, 5.74) is 8.78. The molecule has 2 atom stereocenters. The van der Waals surface area contributed by atoms with Gasteiger partial charge in [-0.05, 0) is 28.3 Å². The lowest BCUT2D eigenvalue weighted by Gasteiger charge is -2.50. The van der Waals surface area contributed by atoms with E-state index in [-0.39, 0.29) is 29.0 Å². The summed E-state index contributed by atoms with van der Waals surface area (Å²) in [6.07, 6.45) is 3.98. The van der Waals surface area contributed by atoms with Crippen molar-refractivity contribution >= 4 is 57.5 Å². The number of pyridine rings is 1. The van der Waals surface area contributed by atoms with Crippen molar-refractivity contribution in [2.75, 3.05) is 18.1 Å². The lowest BCUT2D eigenvalue weighted by Crippen LogP contribution is -2.71. The molecule has 12 nitrogen and oxygen atoms in total. The fourth-order valence-electron chi connectivity index (χ4n) is 5.18. The van der Waals surface area contributed by atoms with Gasteiger partial charge >= 0.3 is 5.97 Å². The monoisotopic (exact) mass is 679 g/mol. The summed E-state index contributed by atoms with van der Waals surface area (Å²) in [6.45, 7) is 7.85. The number of benzene rings is 2. The van der Waals surface area contributed by atoms with Gasteiger partial charge in [0, 0.05) is 35.3 Å². The summed E-state index contributed by atoms with van der Waals surface area (Å²) in [7, 11) is 0. The SMILES string of the molecule is C=CCO/N=C(\C(=O)NC1C(=O)N2C(C(=O)OC(c3ccccc3)c3ccccc3)=C(C(=C)c3cccnc3)CS[C@@H]12)c1nsc(N)n1. The fraction of sp³-hybridized carbons (Fsp3) is 0.147. The first-order valence-corrected chi connectivity index (χ1v) is 16.5. The maximum Gasteiger partial charge on any atom is 0.356 e. The number of oxime groups is 1. The predicted molar refractivity (Wildman–Crippen MR) is 183 cm³/mol. The molecule has 0 aliphatic carbocycles. The van der Waals surface area contributed by atoms with Crippen molar-refractivity contribution in [1.29, 1.82) is 0 Å². The van der Waals surface area contributed by atoms with Crippen molar-refractivity contribution in [1.82, 2.24) is 24.6 Å². The molecule has 0 bridgehead atoms. The van der Waals surface area contributed by atoms with Crippen LogP contribution in [0.2, 0.25) is 0 Å². The smallest absolute Gasteiger partial charge is 0.356 e. The number of nitrogen functional groups attached to an aromatic ring is 1. The number of allylic oxidation sites excluding steroid dienone is 1. The molecule has 4 aromatic rings. The molecule has 6 rings (SSSR count). The number of anilines is 1. The van der Waals surface area contributed by atoms with Crippen molar-refractivity contribution in [3.8, 4) is 0 Å². The van der Waals surface area contributed by atoms with Crippen molar-refractivity contribution in [2.45, 2.75) is 17.5 Å². The number of amides is 2. The molecule has 4 heterocycles. The van der Waals surface area contributed by atoms with Crippen LogP contribution in [0.25, 0.3) is 5.57 Å². The highest BCUT2D eigenvalue weighted by Crippen LogP contribution is 2.44. The van der Waals surface area contributed by atoms with Crippen molar-refractivity contribution in [3.63, 3.8) is 0 Å². The standard InChI is InChI=1S/C34H29N7O5S2/c1-3-17-45-39-25(29-38-34(35)48-40-29)30(42)37-26-31(43)41-27(24(19-47-32(26)41)20(2)23-15-10-16-36-18-23)33(44)46-28(21-11-6-4-7-12-21)22-13-8-5-9-14-22/h3-16,18,26,28,32H,1-2,17,19H2,(H,37,42)(H2,35,38,40)/b39-25-/t26?,32-/m0/s1. The molecule has 2 aromatic heterocycles. The normalized spacial score (nSPS) is 17.3. The van der Waals surface area contributed by atoms with Gasteiger partial charge in [-0.3, -0.25) is 19.5 Å². The maximum atomic E-state index is 14.3. The highest BCUT2D eigenvalue weighted by molar-refractivity contribution is 8.00. The number of β-lactam (4-membered cyclic amide) rings is 1. The highest BCUT2D eigenvalue weighted by Gasteiger charge is 2.55. The van der Waals surface area contributed by atoms with Crippen LogP contribution >= 0.6 is 23.3 Å². The van der Waals surface area contributed by atoms with Crippen LogP contribution in [0.15, 0.2) is 121 Å². The van der Waals surface area contributed by atoms with Gasteiger partial charge in [0.05, 0.1) is 0 Å². The number of thioether (sulfide) groups is 1. The minimum atomic E-state index is -1.00. The second-order valence-electron chi connectivity index (χ2n) is 10.5. The summed E-state index contributed by atoms with van der Waals surface area (Å²) in [6, 6.07) is 21.3. The zero-order valence-electron chi connectivity index (χ0n) is 25.4. The minimum absolute atomic E-state index is 0.0256. The van der Waals surface area contributed by atoms with Gasteiger partial charge in [0.25, 0.3) is 11.8 Å². The Morgan fingerprint density at radius 1 is 1.10 bits per heavy atom. The first kappa shape index (κ1) is 32.3. The molecule has 2 aromatic carbocycles. The Hall–Kier alpha value is -5.60. The van der Waals surface area contributed by atoms with Gasteiger partial charge in [0.15, 0.2) is 11.2 Å². The van der Waals surface area contributed by atoms with E-state index in [4.69, 9.17) is 15.3 Å². The van der Waals surface area contributed by atoms with Gasteiger partial charge in [-0.15, -0.1) is 11.8 Å². The van der Waals surface area contributed by atoms with E-state index in [0.29, 0.717) is 22.5 Å². The molecule has 1 unspecified atom stereocenters. The molecule has 0 spiro atoms. The lowest BCUT2D eigenvalue weighted by molar-refractivity contribution is -0.154. The Morgan fingerprint density at radius 3 is 2.42 bits per heavy atom. The molecule has 2 aliphatic heterocycles. The number of carbonyl (C=O) groups is 3. The minimum Gasteiger partial charge on any atom is -0.448 e. The molecule has 1 saturated heterocycles. The molecule has 3 N–H and O–H groups in total. The van der Waals surface area contributed by atoms with Crippen molar-refractivity contribution in [3.05, 3.63) is 138 Å². The molecule has 1 fully saturated rings. The molecule has 48 heavy (non-hydrogen) atoms. The van der Waals surface area contributed by atoms with Gasteiger partial charge in [-0.25, -0.2) is 4.79 Å². The van der Waals surface area contributed by atoms with Crippen LogP contribution in [0.3, 0.4) is 0 Å². The molecule has 242 valence electrons. The van der Waals surface area contributed by atoms with Crippen LogP contribution in [-0.4, -0.2) is 66.5 Å². The zero-order chi connectivity index (χ0) is 33.6. The van der Waals surface area contributed by atoms with Crippen LogP contribution in [0, 0.1) is 0 Å². The van der Waals surface area contributed by atoms with Gasteiger partial charge < -0.3 is 20.6 Å². The first-order chi connectivity index (χ1) is 23.4. The summed E-state index contributed by atoms with van der Waals surface area (Å²) < 4.78 is 10.3. The van der Waals surface area contributed by atoms with Crippen LogP contribution in [0.5, 0.6) is 0 Å². The van der Waals surface area contributed by atoms with E-state index < -0.39 is 35.3 Å². The number of rotatable bonds is 12. The fourth-order valence-corrected chi connectivity index (χ4v) is 7.00. The van der Waals surface area contributed by atoms with Gasteiger partial charge in [-0.2, -0.15) is 9.36 Å². The average Bonchev–Trinajstić information content (AvgIpc) is 3.56. The van der Waals surface area contributed by atoms with E-state index in [1.54, 1.807) is 18.5 Å². The number of ether oxygens (including phenoxy) is 1. The quantitative estimate of drug-likeness (QED) is 0.0556. The number of nitrogens with two attached hydrogens (primary N) is 1. The third-order valence-corrected chi connectivity index (χ3v) is 9.29. The largest absolute Gasteiger partial charge is 0.448 e. The molecular formula is C34H29N7O5S2. The van der Waals surface area contributed by atoms with Crippen LogP contribution in [-0.2, 0) is 24.0 Å². The Morgan fingerprint density at radius 2 is 1.81 bits per heavy atom. The molecule has 0 radical (unpaired) electrons. The summed E-state index contributed by atoms with van der Waals surface area (Å²) >= 11 is 2.26. The summed E-state index contributed by atoms with van der Waals surface area (Å²) in [4.78, 5) is 56.4. The van der Waals surface area contributed by atoms with E-state index in [1.165, 1.54) is 22.7 Å². The number of esters is 1. The van der Waals surface area contributed by atoms with Crippen molar-refractivity contribution < 1.29 is 24.0 Å². The molecule has 2 aliphatic rings. The Balaban J connectivity index is 1.32. The molecule has 0 saturated carbocycles. The highest BCUT2D eigenvalue weighted by atomic mass is 32.2. The number of hydrogen-bond acceptors (Lipinski definition) is 12. The number of carbonyl (C=O) groups excluding carboxylic acids is 3. The Kier molecular flexibility index (Phi) is 9.73. The van der Waals surface area contributed by atoms with E-state index in [9.17, 15) is 14.4 Å². The first-order valence-electron chi connectivity index (χ1n) is 14.7. The maximum absolute atomic E-state index is 14.3. The van der Waals surface area contributed by atoms with Gasteiger partial charge in [-0.1, -0.05) is 91.1 Å². The molecular weight excluding hydrogens is 651 g/mol. The topological polar surface area (TPSA) is 162 Å². The second kappa shape index (κ2) is 14.4. The second-order valence-corrected chi connectivity index (χ2v) is 12.4. The Bertz CT molecular complexity index is 1880. The van der Waals surface area contributed by atoms with Crippen molar-refractivity contribution in [2.24, 2.45) is 5.16 Å². The Labute approximate surface area is 284 Å². The third kappa shape index (κ3) is 6.61. The summed E-state index contributed by atoms with van der Waals surface area (Å²) in [5, 5.41) is 6.08. The predicted octanol–water partition coefficient (Wildman–Crippen LogP) is 4.12. The number of nitrogens with one attached hydrogen (secondary N) is 1. The van der Waals surface area contributed by atoms with E-state index >= 15 is 0 Å².